The van der Waals surface area contributed by atoms with Crippen LogP contribution >= 0.6 is 11.3 Å². The number of thiophene rings is 1. The number of hydrogen-bond acceptors (Lipinski definition) is 6. The van der Waals surface area contributed by atoms with Crippen molar-refractivity contribution in [3.8, 4) is 11.8 Å². The van der Waals surface area contributed by atoms with Crippen molar-refractivity contribution in [1.29, 1.82) is 5.26 Å². The highest BCUT2D eigenvalue weighted by molar-refractivity contribution is 7.16. The first-order valence-corrected chi connectivity index (χ1v) is 12.6. The number of carbonyl (C=O) groups is 2. The van der Waals surface area contributed by atoms with Gasteiger partial charge in [-0.1, -0.05) is 19.1 Å². The minimum atomic E-state index is -0.136. The molecule has 8 nitrogen and oxygen atoms in total. The van der Waals surface area contributed by atoms with Crippen LogP contribution < -0.4 is 10.1 Å². The van der Waals surface area contributed by atoms with E-state index in [4.69, 9.17) is 4.74 Å². The Hall–Kier alpha value is -3.64. The Labute approximate surface area is 209 Å². The molecule has 9 heteroatoms. The van der Waals surface area contributed by atoms with Crippen molar-refractivity contribution < 1.29 is 14.3 Å². The van der Waals surface area contributed by atoms with Crippen molar-refractivity contribution in [2.75, 3.05) is 18.5 Å². The lowest BCUT2D eigenvalue weighted by Gasteiger charge is -2.27. The highest BCUT2D eigenvalue weighted by Gasteiger charge is 2.27. The van der Waals surface area contributed by atoms with E-state index in [9.17, 15) is 14.9 Å². The third-order valence-corrected chi connectivity index (χ3v) is 7.28. The maximum Gasteiger partial charge on any atom is 0.225 e. The minimum Gasteiger partial charge on any atom is -0.494 e. The molecule has 1 aliphatic heterocycles. The number of ether oxygens (including phenoxy) is 1. The van der Waals surface area contributed by atoms with Crippen molar-refractivity contribution in [3.63, 3.8) is 0 Å². The number of benzene rings is 1. The number of hydrogen-bond donors (Lipinski definition) is 1. The molecular weight excluding hydrogens is 462 g/mol. The molecule has 0 radical (unpaired) electrons. The fourth-order valence-electron chi connectivity index (χ4n) is 4.28. The third-order valence-electron chi connectivity index (χ3n) is 6.15. The number of nitrogens with zero attached hydrogens (tertiary/aromatic N) is 4. The molecule has 2 amide bonds. The first-order valence-electron chi connectivity index (χ1n) is 11.8. The molecule has 4 rings (SSSR count). The Kier molecular flexibility index (Phi) is 7.83. The maximum absolute atomic E-state index is 12.8. The Morgan fingerprint density at radius 3 is 2.97 bits per heavy atom. The van der Waals surface area contributed by atoms with Crippen LogP contribution in [-0.2, 0) is 29.1 Å². The van der Waals surface area contributed by atoms with Gasteiger partial charge in [0.1, 0.15) is 16.8 Å². The normalized spacial score (nSPS) is 13.6. The monoisotopic (exact) mass is 491 g/mol. The van der Waals surface area contributed by atoms with Crippen LogP contribution in [0.2, 0.25) is 0 Å². The number of nitriles is 1. The van der Waals surface area contributed by atoms with E-state index in [1.807, 2.05) is 53.8 Å². The summed E-state index contributed by atoms with van der Waals surface area (Å²) in [5.74, 6) is 0.728. The van der Waals surface area contributed by atoms with Crippen molar-refractivity contribution in [1.82, 2.24) is 14.5 Å². The van der Waals surface area contributed by atoms with Gasteiger partial charge < -0.3 is 19.5 Å². The van der Waals surface area contributed by atoms with Crippen LogP contribution in [0.15, 0.2) is 43.0 Å². The van der Waals surface area contributed by atoms with Gasteiger partial charge in [0.2, 0.25) is 11.8 Å². The van der Waals surface area contributed by atoms with Gasteiger partial charge in [-0.05, 0) is 42.5 Å². The molecule has 3 heterocycles. The van der Waals surface area contributed by atoms with Gasteiger partial charge in [0, 0.05) is 43.2 Å². The van der Waals surface area contributed by atoms with Crippen LogP contribution in [0.4, 0.5) is 5.00 Å². The summed E-state index contributed by atoms with van der Waals surface area (Å²) in [6.07, 6.45) is 6.54. The van der Waals surface area contributed by atoms with Crippen LogP contribution in [0, 0.1) is 11.3 Å². The van der Waals surface area contributed by atoms with Crippen molar-refractivity contribution in [3.05, 3.63) is 64.6 Å². The molecule has 3 aromatic rings. The number of fused-ring (bicyclic) bond motifs is 1. The number of nitrogens with one attached hydrogen (secondary N) is 1. The average molecular weight is 492 g/mol. The number of rotatable bonds is 9. The highest BCUT2D eigenvalue weighted by Crippen LogP contribution is 2.37. The molecule has 182 valence electrons. The van der Waals surface area contributed by atoms with E-state index in [-0.39, 0.29) is 17.7 Å². The van der Waals surface area contributed by atoms with Crippen LogP contribution in [0.3, 0.4) is 0 Å². The maximum atomic E-state index is 12.8. The molecule has 0 saturated heterocycles. The summed E-state index contributed by atoms with van der Waals surface area (Å²) in [6.45, 7) is 6.15. The van der Waals surface area contributed by atoms with Gasteiger partial charge in [0.15, 0.2) is 0 Å². The van der Waals surface area contributed by atoms with E-state index in [0.717, 1.165) is 21.8 Å². The zero-order valence-electron chi connectivity index (χ0n) is 20.0. The lowest BCUT2D eigenvalue weighted by atomic mass is 9.97. The minimum absolute atomic E-state index is 0.000798. The second-order valence-corrected chi connectivity index (χ2v) is 9.70. The Balaban J connectivity index is 1.39. The summed E-state index contributed by atoms with van der Waals surface area (Å²) < 4.78 is 7.45. The summed E-state index contributed by atoms with van der Waals surface area (Å²) in [6, 6.07) is 10.1. The molecule has 1 aliphatic rings. The number of anilines is 1. The fraction of sp³-hybridized carbons (Fsp3) is 0.385. The first-order chi connectivity index (χ1) is 17.0. The van der Waals surface area contributed by atoms with Gasteiger partial charge >= 0.3 is 0 Å². The SMILES string of the molecule is CCOc1cccc(C(C)CC(=O)Nc2sc3c(c2C#N)CCN(C(=O)CCn2ccnc2)C3)c1. The predicted molar refractivity (Wildman–Crippen MR) is 134 cm³/mol. The second kappa shape index (κ2) is 11.2. The van der Waals surface area contributed by atoms with Crippen molar-refractivity contribution >= 4 is 28.2 Å². The summed E-state index contributed by atoms with van der Waals surface area (Å²) in [7, 11) is 0. The molecule has 0 spiro atoms. The predicted octanol–water partition coefficient (Wildman–Crippen LogP) is 4.32. The Morgan fingerprint density at radius 2 is 2.23 bits per heavy atom. The van der Waals surface area contributed by atoms with E-state index >= 15 is 0 Å². The van der Waals surface area contributed by atoms with E-state index < -0.39 is 0 Å². The van der Waals surface area contributed by atoms with Gasteiger partial charge in [-0.3, -0.25) is 9.59 Å². The molecule has 0 bridgehead atoms. The highest BCUT2D eigenvalue weighted by atomic mass is 32.1. The topological polar surface area (TPSA) is 100 Å². The molecule has 1 atom stereocenters. The summed E-state index contributed by atoms with van der Waals surface area (Å²) in [5, 5.41) is 13.3. The van der Waals surface area contributed by atoms with Crippen molar-refractivity contribution in [2.24, 2.45) is 0 Å². The Morgan fingerprint density at radius 1 is 1.37 bits per heavy atom. The third kappa shape index (κ3) is 5.89. The van der Waals surface area contributed by atoms with Gasteiger partial charge in [-0.15, -0.1) is 11.3 Å². The number of aryl methyl sites for hydroxylation is 1. The standard InChI is InChI=1S/C26H29N5O3S/c1-3-34-20-6-4-5-19(14-20)18(2)13-24(32)29-26-22(15-27)21-7-11-31(16-23(21)35-26)25(33)8-10-30-12-9-28-17-30/h4-6,9,12,14,17-18H,3,7-8,10-11,13,16H2,1-2H3,(H,29,32). The first kappa shape index (κ1) is 24.5. The van der Waals surface area contributed by atoms with Crippen LogP contribution in [0.1, 0.15) is 54.2 Å². The van der Waals surface area contributed by atoms with Crippen LogP contribution in [0.5, 0.6) is 5.75 Å². The number of amides is 2. The molecular formula is C26H29N5O3S. The summed E-state index contributed by atoms with van der Waals surface area (Å²) in [5.41, 5.74) is 2.50. The lowest BCUT2D eigenvalue weighted by Crippen LogP contribution is -2.35. The smallest absolute Gasteiger partial charge is 0.225 e. The van der Waals surface area contributed by atoms with E-state index in [1.165, 1.54) is 11.3 Å². The Bertz CT molecular complexity index is 1230. The van der Waals surface area contributed by atoms with E-state index in [2.05, 4.69) is 16.4 Å². The summed E-state index contributed by atoms with van der Waals surface area (Å²) in [4.78, 5) is 32.4. The van der Waals surface area contributed by atoms with Crippen LogP contribution in [-0.4, -0.2) is 39.4 Å². The van der Waals surface area contributed by atoms with E-state index in [1.54, 1.807) is 12.5 Å². The van der Waals surface area contributed by atoms with Gasteiger partial charge in [0.05, 0.1) is 25.0 Å². The molecule has 1 unspecified atom stereocenters. The molecule has 0 aliphatic carbocycles. The molecule has 0 saturated carbocycles. The van der Waals surface area contributed by atoms with E-state index in [0.29, 0.717) is 56.1 Å². The lowest BCUT2D eigenvalue weighted by molar-refractivity contribution is -0.132. The number of carbonyl (C=O) groups excluding carboxylic acids is 2. The van der Waals surface area contributed by atoms with Gasteiger partial charge in [-0.25, -0.2) is 4.98 Å². The quantitative estimate of drug-likeness (QED) is 0.480. The van der Waals surface area contributed by atoms with Crippen LogP contribution in [0.25, 0.3) is 0 Å². The largest absolute Gasteiger partial charge is 0.494 e. The molecule has 1 N–H and O–H groups in total. The average Bonchev–Trinajstić information content (AvgIpc) is 3.49. The number of imidazole rings is 1. The van der Waals surface area contributed by atoms with Crippen molar-refractivity contribution in [2.45, 2.75) is 52.1 Å². The second-order valence-electron chi connectivity index (χ2n) is 8.59. The van der Waals surface area contributed by atoms with Gasteiger partial charge in [0.25, 0.3) is 0 Å². The molecule has 35 heavy (non-hydrogen) atoms. The zero-order chi connectivity index (χ0) is 24.8. The molecule has 2 aromatic heterocycles. The van der Waals surface area contributed by atoms with Gasteiger partial charge in [-0.2, -0.15) is 5.26 Å². The molecule has 0 fully saturated rings. The number of aromatic nitrogens is 2. The fourth-order valence-corrected chi connectivity index (χ4v) is 5.51. The zero-order valence-corrected chi connectivity index (χ0v) is 20.8. The molecule has 1 aromatic carbocycles. The summed E-state index contributed by atoms with van der Waals surface area (Å²) >= 11 is 1.40.